The lowest BCUT2D eigenvalue weighted by atomic mass is 9.98. The Labute approximate surface area is 407 Å². The highest BCUT2D eigenvalue weighted by atomic mass is 15.0. The number of benzene rings is 10. The van der Waals surface area contributed by atoms with Gasteiger partial charge < -0.3 is 9.13 Å². The van der Waals surface area contributed by atoms with Gasteiger partial charge in [-0.25, -0.2) is 9.97 Å². The molecule has 0 radical (unpaired) electrons. The third kappa shape index (κ3) is 7.17. The van der Waals surface area contributed by atoms with Gasteiger partial charge in [0.25, 0.3) is 0 Å². The van der Waals surface area contributed by atoms with Gasteiger partial charge in [0, 0.05) is 49.5 Å². The second-order valence-corrected chi connectivity index (χ2v) is 18.4. The minimum absolute atomic E-state index is 0.668. The van der Waals surface area contributed by atoms with E-state index < -0.39 is 0 Å². The maximum atomic E-state index is 5.31. The van der Waals surface area contributed by atoms with Crippen LogP contribution < -0.4 is 0 Å². The molecule has 10 aromatic carbocycles. The molecule has 0 aliphatic heterocycles. The maximum Gasteiger partial charge on any atom is 0.160 e. The minimum Gasteiger partial charge on any atom is -0.309 e. The van der Waals surface area contributed by atoms with E-state index in [1.54, 1.807) is 0 Å². The average Bonchev–Trinajstić information content (AvgIpc) is 3.94. The molecule has 0 amide bonds. The lowest BCUT2D eigenvalue weighted by molar-refractivity contribution is 1.16. The molecule has 0 saturated heterocycles. The zero-order valence-electron chi connectivity index (χ0n) is 38.9. The monoisotopic (exact) mass is 894 g/mol. The number of aryl methyl sites for hydroxylation is 2. The molecule has 0 aliphatic rings. The van der Waals surface area contributed by atoms with Crippen molar-refractivity contribution in [3.63, 3.8) is 0 Å². The third-order valence-electron chi connectivity index (χ3n) is 13.9. The second-order valence-electron chi connectivity index (χ2n) is 18.4. The van der Waals surface area contributed by atoms with E-state index in [2.05, 4.69) is 254 Å². The number of para-hydroxylation sites is 2. The first kappa shape index (κ1) is 41.1. The van der Waals surface area contributed by atoms with Crippen LogP contribution in [0.3, 0.4) is 0 Å². The number of rotatable bonds is 8. The van der Waals surface area contributed by atoms with E-state index in [-0.39, 0.29) is 0 Å². The van der Waals surface area contributed by atoms with Crippen LogP contribution in [0.4, 0.5) is 0 Å². The van der Waals surface area contributed by atoms with Crippen LogP contribution in [0.15, 0.2) is 243 Å². The summed E-state index contributed by atoms with van der Waals surface area (Å²) in [6.45, 7) is 4.27. The molecule has 0 saturated carbocycles. The minimum atomic E-state index is 0.668. The van der Waals surface area contributed by atoms with Crippen molar-refractivity contribution in [2.75, 3.05) is 0 Å². The highest BCUT2D eigenvalue weighted by Gasteiger charge is 2.21. The van der Waals surface area contributed by atoms with E-state index in [9.17, 15) is 0 Å². The van der Waals surface area contributed by atoms with E-state index >= 15 is 0 Å². The predicted octanol–water partition coefficient (Wildman–Crippen LogP) is 17.3. The molecular formula is C66H46N4. The Morgan fingerprint density at radius 1 is 0.286 bits per heavy atom. The Bertz CT molecular complexity index is 4050. The van der Waals surface area contributed by atoms with Crippen LogP contribution in [0.1, 0.15) is 11.1 Å². The second kappa shape index (κ2) is 16.9. The number of aromatic nitrogens is 4. The van der Waals surface area contributed by atoms with E-state index in [1.807, 2.05) is 12.1 Å². The molecule has 4 heteroatoms. The summed E-state index contributed by atoms with van der Waals surface area (Å²) in [6.07, 6.45) is 0. The highest BCUT2D eigenvalue weighted by molar-refractivity contribution is 6.12. The zero-order chi connectivity index (χ0) is 46.7. The summed E-state index contributed by atoms with van der Waals surface area (Å²) in [6, 6.07) is 87.7. The molecule has 3 aromatic heterocycles. The first-order chi connectivity index (χ1) is 34.5. The summed E-state index contributed by atoms with van der Waals surface area (Å²) in [5.74, 6) is 0.668. The topological polar surface area (TPSA) is 35.6 Å². The van der Waals surface area contributed by atoms with Crippen molar-refractivity contribution in [2.45, 2.75) is 13.8 Å². The van der Waals surface area contributed by atoms with Gasteiger partial charge in [0.1, 0.15) is 0 Å². The van der Waals surface area contributed by atoms with Crippen LogP contribution in [-0.2, 0) is 0 Å². The Morgan fingerprint density at radius 2 is 0.743 bits per heavy atom. The van der Waals surface area contributed by atoms with Crippen LogP contribution in [0.2, 0.25) is 0 Å². The molecule has 70 heavy (non-hydrogen) atoms. The summed E-state index contributed by atoms with van der Waals surface area (Å²) >= 11 is 0. The largest absolute Gasteiger partial charge is 0.309 e. The average molecular weight is 895 g/mol. The summed E-state index contributed by atoms with van der Waals surface area (Å²) in [5.41, 5.74) is 21.0. The van der Waals surface area contributed by atoms with Gasteiger partial charge in [-0.3, -0.25) is 0 Å². The Hall–Kier alpha value is -9.12. The van der Waals surface area contributed by atoms with Crippen LogP contribution >= 0.6 is 0 Å². The maximum absolute atomic E-state index is 5.31. The van der Waals surface area contributed by atoms with Gasteiger partial charge in [-0.05, 0) is 114 Å². The van der Waals surface area contributed by atoms with E-state index in [1.165, 1.54) is 54.9 Å². The fourth-order valence-corrected chi connectivity index (χ4v) is 10.3. The van der Waals surface area contributed by atoms with Crippen molar-refractivity contribution >= 4 is 43.6 Å². The molecule has 0 unspecified atom stereocenters. The summed E-state index contributed by atoms with van der Waals surface area (Å²) < 4.78 is 4.86. The summed E-state index contributed by atoms with van der Waals surface area (Å²) in [7, 11) is 0. The number of hydrogen-bond donors (Lipinski definition) is 0. The SMILES string of the molecule is Cc1ccc(-c2ccc3c(c2)c2ccccc2n3-c2cccc(-c3cc(-c4nc(-c5ccccc5)cc(-c5ccccc5)n4)ccc3-n3c4ccccc4c4cc(-c5ccc(C)cc5)ccc43)c2)cc1. The van der Waals surface area contributed by atoms with Gasteiger partial charge in [0.05, 0.1) is 39.1 Å². The molecule has 0 bridgehead atoms. The molecule has 13 aromatic rings. The van der Waals surface area contributed by atoms with Crippen molar-refractivity contribution in [1.29, 1.82) is 0 Å². The van der Waals surface area contributed by atoms with Crippen LogP contribution in [0.25, 0.3) is 122 Å². The van der Waals surface area contributed by atoms with Gasteiger partial charge in [-0.1, -0.05) is 181 Å². The van der Waals surface area contributed by atoms with Crippen molar-refractivity contribution < 1.29 is 0 Å². The van der Waals surface area contributed by atoms with Crippen molar-refractivity contribution in [1.82, 2.24) is 19.1 Å². The molecule has 0 fully saturated rings. The first-order valence-electron chi connectivity index (χ1n) is 24.0. The molecule has 330 valence electrons. The van der Waals surface area contributed by atoms with Gasteiger partial charge in [-0.15, -0.1) is 0 Å². The Kier molecular flexibility index (Phi) is 9.91. The standard InChI is InChI=1S/C66H46N4/c1-43-24-28-45(29-25-43)49-32-35-64-57(39-49)54-20-9-11-22-61(54)69(64)53-19-13-18-51(38-53)56-41-52(66-67-59(47-14-5-3-6-15-47)42-60(68-66)48-16-7-4-8-17-48)34-37-63(56)70-62-23-12-10-21-55(62)58-40-50(33-36-65(58)70)46-30-26-44(2)27-31-46/h3-42H,1-2H3. The Balaban J connectivity index is 1.04. The molecule has 3 heterocycles. The van der Waals surface area contributed by atoms with Crippen LogP contribution in [0.5, 0.6) is 0 Å². The first-order valence-corrected chi connectivity index (χ1v) is 24.0. The zero-order valence-corrected chi connectivity index (χ0v) is 38.9. The van der Waals surface area contributed by atoms with Gasteiger partial charge in [0.15, 0.2) is 5.82 Å². The lowest BCUT2D eigenvalue weighted by Crippen LogP contribution is -2.01. The molecule has 13 rings (SSSR count). The van der Waals surface area contributed by atoms with Crippen molar-refractivity contribution in [3.8, 4) is 78.7 Å². The van der Waals surface area contributed by atoms with Gasteiger partial charge in [0.2, 0.25) is 0 Å². The third-order valence-corrected chi connectivity index (χ3v) is 13.9. The Morgan fingerprint density at radius 3 is 1.31 bits per heavy atom. The molecule has 0 atom stereocenters. The van der Waals surface area contributed by atoms with Crippen molar-refractivity contribution in [3.05, 3.63) is 254 Å². The number of fused-ring (bicyclic) bond motifs is 6. The number of nitrogens with zero attached hydrogens (tertiary/aromatic N) is 4. The molecule has 0 spiro atoms. The fourth-order valence-electron chi connectivity index (χ4n) is 10.3. The van der Waals surface area contributed by atoms with Gasteiger partial charge in [-0.2, -0.15) is 0 Å². The molecule has 0 N–H and O–H groups in total. The normalized spacial score (nSPS) is 11.6. The summed E-state index contributed by atoms with van der Waals surface area (Å²) in [5, 5.41) is 4.86. The predicted molar refractivity (Wildman–Crippen MR) is 293 cm³/mol. The molecule has 4 nitrogen and oxygen atoms in total. The number of hydrogen-bond acceptors (Lipinski definition) is 2. The fraction of sp³-hybridized carbons (Fsp3) is 0.0303. The summed E-state index contributed by atoms with van der Waals surface area (Å²) in [4.78, 5) is 10.6. The molecular weight excluding hydrogens is 849 g/mol. The van der Waals surface area contributed by atoms with E-state index in [4.69, 9.17) is 9.97 Å². The van der Waals surface area contributed by atoms with E-state index in [0.29, 0.717) is 5.82 Å². The quantitative estimate of drug-likeness (QED) is 0.152. The lowest BCUT2D eigenvalue weighted by Gasteiger charge is -2.17. The van der Waals surface area contributed by atoms with Gasteiger partial charge >= 0.3 is 0 Å². The van der Waals surface area contributed by atoms with E-state index in [0.717, 1.165) is 72.6 Å². The smallest absolute Gasteiger partial charge is 0.160 e. The van der Waals surface area contributed by atoms with Crippen LogP contribution in [-0.4, -0.2) is 19.1 Å². The van der Waals surface area contributed by atoms with Crippen LogP contribution in [0, 0.1) is 13.8 Å². The highest BCUT2D eigenvalue weighted by Crippen LogP contribution is 2.42. The van der Waals surface area contributed by atoms with Crippen molar-refractivity contribution in [2.24, 2.45) is 0 Å². The molecule has 0 aliphatic carbocycles.